The normalized spacial score (nSPS) is 11.2. The molecule has 3 aromatic heterocycles. The van der Waals surface area contributed by atoms with Gasteiger partial charge in [0.25, 0.3) is 0 Å². The maximum atomic E-state index is 14.0. The Bertz CT molecular complexity index is 1560. The average Bonchev–Trinajstić information content (AvgIpc) is 3.33. The summed E-state index contributed by atoms with van der Waals surface area (Å²) in [5, 5.41) is 12.7. The molecule has 5 aromatic rings. The molecule has 2 aromatic carbocycles. The zero-order valence-electron chi connectivity index (χ0n) is 19.2. The Labute approximate surface area is 209 Å². The number of benzene rings is 2. The SMILES string of the molecule is Cc1cccc(-c2ccnc3c2c(C)nn3CC(=O)Nc2nn(Cc3ccccc3F)cc2Br)c1. The maximum absolute atomic E-state index is 14.0. The number of carbonyl (C=O) groups excluding carboxylic acids is 1. The number of aryl methyl sites for hydroxylation is 2. The van der Waals surface area contributed by atoms with Gasteiger partial charge in [-0.15, -0.1) is 0 Å². The molecular formula is C26H22BrFN6O. The third kappa shape index (κ3) is 4.72. The topological polar surface area (TPSA) is 77.6 Å². The molecule has 0 fully saturated rings. The number of fused-ring (bicyclic) bond motifs is 1. The predicted octanol–water partition coefficient (Wildman–Crippen LogP) is 5.50. The highest BCUT2D eigenvalue weighted by atomic mass is 79.9. The number of halogens is 2. The molecule has 0 bridgehead atoms. The molecule has 35 heavy (non-hydrogen) atoms. The van der Waals surface area contributed by atoms with Crippen molar-refractivity contribution in [3.05, 3.63) is 94.1 Å². The van der Waals surface area contributed by atoms with Gasteiger partial charge in [-0.3, -0.25) is 9.48 Å². The minimum absolute atomic E-state index is 0.0266. The minimum atomic E-state index is -0.303. The predicted molar refractivity (Wildman–Crippen MR) is 136 cm³/mol. The molecule has 0 radical (unpaired) electrons. The van der Waals surface area contributed by atoms with Crippen molar-refractivity contribution in [3.8, 4) is 11.1 Å². The lowest BCUT2D eigenvalue weighted by Crippen LogP contribution is -2.20. The van der Waals surface area contributed by atoms with Crippen LogP contribution in [-0.2, 0) is 17.9 Å². The van der Waals surface area contributed by atoms with E-state index in [1.165, 1.54) is 6.07 Å². The van der Waals surface area contributed by atoms with Crippen LogP contribution in [0, 0.1) is 19.7 Å². The molecule has 3 heterocycles. The van der Waals surface area contributed by atoms with Crippen molar-refractivity contribution in [2.45, 2.75) is 26.9 Å². The van der Waals surface area contributed by atoms with E-state index in [2.05, 4.69) is 61.6 Å². The number of hydrogen-bond acceptors (Lipinski definition) is 4. The van der Waals surface area contributed by atoms with E-state index in [4.69, 9.17) is 0 Å². The fourth-order valence-electron chi connectivity index (χ4n) is 4.12. The number of anilines is 1. The molecule has 0 atom stereocenters. The van der Waals surface area contributed by atoms with Crippen molar-refractivity contribution >= 4 is 38.7 Å². The molecule has 7 nitrogen and oxygen atoms in total. The first-order valence-corrected chi connectivity index (χ1v) is 11.8. The molecule has 176 valence electrons. The zero-order valence-corrected chi connectivity index (χ0v) is 20.8. The molecule has 0 saturated carbocycles. The monoisotopic (exact) mass is 532 g/mol. The summed E-state index contributed by atoms with van der Waals surface area (Å²) in [6.45, 7) is 4.19. The molecule has 0 aliphatic carbocycles. The average molecular weight is 533 g/mol. The van der Waals surface area contributed by atoms with Crippen LogP contribution in [0.4, 0.5) is 10.2 Å². The summed E-state index contributed by atoms with van der Waals surface area (Å²) >= 11 is 3.42. The Morgan fingerprint density at radius 3 is 2.71 bits per heavy atom. The number of nitrogens with one attached hydrogen (secondary N) is 1. The maximum Gasteiger partial charge on any atom is 0.247 e. The van der Waals surface area contributed by atoms with Gasteiger partial charge in [0.05, 0.1) is 16.7 Å². The van der Waals surface area contributed by atoms with Crippen molar-refractivity contribution in [2.75, 3.05) is 5.32 Å². The summed E-state index contributed by atoms with van der Waals surface area (Å²) in [6, 6.07) is 16.7. The van der Waals surface area contributed by atoms with E-state index in [9.17, 15) is 9.18 Å². The van der Waals surface area contributed by atoms with Crippen molar-refractivity contribution in [1.82, 2.24) is 24.5 Å². The van der Waals surface area contributed by atoms with Crippen LogP contribution in [-0.4, -0.2) is 30.5 Å². The highest BCUT2D eigenvalue weighted by Crippen LogP contribution is 2.30. The summed E-state index contributed by atoms with van der Waals surface area (Å²) in [7, 11) is 0. The molecule has 0 unspecified atom stereocenters. The van der Waals surface area contributed by atoms with Crippen molar-refractivity contribution in [1.29, 1.82) is 0 Å². The van der Waals surface area contributed by atoms with E-state index >= 15 is 0 Å². The van der Waals surface area contributed by atoms with Crippen LogP contribution in [0.2, 0.25) is 0 Å². The van der Waals surface area contributed by atoms with E-state index in [-0.39, 0.29) is 24.8 Å². The van der Waals surface area contributed by atoms with Crippen molar-refractivity contribution in [3.63, 3.8) is 0 Å². The van der Waals surface area contributed by atoms with Crippen LogP contribution in [0.5, 0.6) is 0 Å². The van der Waals surface area contributed by atoms with Gasteiger partial charge in [0, 0.05) is 23.3 Å². The summed E-state index contributed by atoms with van der Waals surface area (Å²) in [5.74, 6) is -0.245. The number of pyridine rings is 1. The van der Waals surface area contributed by atoms with Gasteiger partial charge in [-0.2, -0.15) is 10.2 Å². The molecule has 0 aliphatic heterocycles. The van der Waals surface area contributed by atoms with E-state index in [1.54, 1.807) is 40.0 Å². The molecule has 0 spiro atoms. The van der Waals surface area contributed by atoms with E-state index < -0.39 is 0 Å². The van der Waals surface area contributed by atoms with Gasteiger partial charge < -0.3 is 5.32 Å². The van der Waals surface area contributed by atoms with Gasteiger partial charge in [-0.25, -0.2) is 14.1 Å². The lowest BCUT2D eigenvalue weighted by Gasteiger charge is -2.07. The number of amides is 1. The van der Waals surface area contributed by atoms with Crippen LogP contribution < -0.4 is 5.32 Å². The molecule has 1 N–H and O–H groups in total. The molecule has 5 rings (SSSR count). The third-order valence-electron chi connectivity index (χ3n) is 5.70. The summed E-state index contributed by atoms with van der Waals surface area (Å²) in [5.41, 5.74) is 5.21. The zero-order chi connectivity index (χ0) is 24.5. The first-order chi connectivity index (χ1) is 16.9. The number of hydrogen-bond donors (Lipinski definition) is 1. The van der Waals surface area contributed by atoms with Crippen LogP contribution >= 0.6 is 15.9 Å². The van der Waals surface area contributed by atoms with Gasteiger partial charge in [0.15, 0.2) is 11.5 Å². The summed E-state index contributed by atoms with van der Waals surface area (Å²) in [6.07, 6.45) is 3.43. The minimum Gasteiger partial charge on any atom is -0.307 e. The standard InChI is InChI=1S/C26H22BrFN6O/c1-16-6-5-8-18(12-16)20-10-11-29-26-24(20)17(2)31-34(26)15-23(35)30-25-21(27)14-33(32-25)13-19-7-3-4-9-22(19)28/h3-12,14H,13,15H2,1-2H3,(H,30,32,35). The number of rotatable bonds is 6. The van der Waals surface area contributed by atoms with Crippen LogP contribution in [0.15, 0.2) is 71.5 Å². The number of nitrogens with zero attached hydrogens (tertiary/aromatic N) is 5. The quantitative estimate of drug-likeness (QED) is 0.313. The lowest BCUT2D eigenvalue weighted by atomic mass is 10.0. The van der Waals surface area contributed by atoms with E-state index in [1.807, 2.05) is 19.1 Å². The second kappa shape index (κ2) is 9.42. The van der Waals surface area contributed by atoms with E-state index in [0.29, 0.717) is 21.5 Å². The smallest absolute Gasteiger partial charge is 0.247 e. The van der Waals surface area contributed by atoms with Crippen molar-refractivity contribution in [2.24, 2.45) is 0 Å². The van der Waals surface area contributed by atoms with Gasteiger partial charge in [0.1, 0.15) is 12.4 Å². The molecule has 1 amide bonds. The lowest BCUT2D eigenvalue weighted by molar-refractivity contribution is -0.116. The fourth-order valence-corrected chi connectivity index (χ4v) is 4.53. The molecule has 0 aliphatic rings. The second-order valence-electron chi connectivity index (χ2n) is 8.33. The Hall–Kier alpha value is -3.85. The first-order valence-electron chi connectivity index (χ1n) is 11.0. The van der Waals surface area contributed by atoms with Gasteiger partial charge >= 0.3 is 0 Å². The molecule has 9 heteroatoms. The van der Waals surface area contributed by atoms with E-state index in [0.717, 1.165) is 27.8 Å². The number of carbonyl (C=O) groups is 1. The first kappa shape index (κ1) is 22.9. The molecule has 0 saturated heterocycles. The fraction of sp³-hybridized carbons (Fsp3) is 0.154. The summed E-state index contributed by atoms with van der Waals surface area (Å²) in [4.78, 5) is 17.4. The van der Waals surface area contributed by atoms with Gasteiger partial charge in [-0.1, -0.05) is 48.0 Å². The highest BCUT2D eigenvalue weighted by molar-refractivity contribution is 9.10. The van der Waals surface area contributed by atoms with Crippen LogP contribution in [0.1, 0.15) is 16.8 Å². The third-order valence-corrected chi connectivity index (χ3v) is 6.28. The molecular weight excluding hydrogens is 511 g/mol. The van der Waals surface area contributed by atoms with Crippen molar-refractivity contribution < 1.29 is 9.18 Å². The van der Waals surface area contributed by atoms with Crippen LogP contribution in [0.3, 0.4) is 0 Å². The van der Waals surface area contributed by atoms with Gasteiger partial charge in [-0.05, 0) is 53.0 Å². The Balaban J connectivity index is 1.37. The van der Waals surface area contributed by atoms with Gasteiger partial charge in [0.2, 0.25) is 5.91 Å². The Morgan fingerprint density at radius 2 is 1.91 bits per heavy atom. The Kier molecular flexibility index (Phi) is 6.17. The summed E-state index contributed by atoms with van der Waals surface area (Å²) < 4.78 is 17.8. The highest BCUT2D eigenvalue weighted by Gasteiger charge is 2.17. The Morgan fingerprint density at radius 1 is 1.09 bits per heavy atom. The van der Waals surface area contributed by atoms with Crippen LogP contribution in [0.25, 0.3) is 22.2 Å². The number of aromatic nitrogens is 5. The largest absolute Gasteiger partial charge is 0.307 e. The second-order valence-corrected chi connectivity index (χ2v) is 9.19.